The van der Waals surface area contributed by atoms with E-state index in [0.29, 0.717) is 5.56 Å². The topological polar surface area (TPSA) is 94.5 Å². The second-order valence-electron chi connectivity index (χ2n) is 7.05. The number of carbonyl (C=O) groups is 1. The molecule has 0 unspecified atom stereocenters. The van der Waals surface area contributed by atoms with Crippen molar-refractivity contribution in [1.82, 2.24) is 15.6 Å². The Hall–Kier alpha value is -2.13. The second-order valence-corrected chi connectivity index (χ2v) is 7.46. The quantitative estimate of drug-likeness (QED) is 0.508. The molecule has 9 heteroatoms. The van der Waals surface area contributed by atoms with Gasteiger partial charge in [-0.3, -0.25) is 9.78 Å². The summed E-state index contributed by atoms with van der Waals surface area (Å²) in [6.07, 6.45) is 1.15. The first-order valence-electron chi connectivity index (χ1n) is 9.21. The number of aliphatic hydroxyl groups is 2. The molecule has 0 fully saturated rings. The maximum atomic E-state index is 15.8. The standard InChI is InChI=1S/C20H22ClF2N3O3/c21-16-10-14(22)4-3-13(16)11-26-18(28)20(23)6-5-19(29,12-24-8-9-27)17-15(20)2-1-7-25-17/h1-4,7,10,24,27,29H,5-6,8-9,11-12H2,(H,26,28)/t19-,20+/m1/s1. The summed E-state index contributed by atoms with van der Waals surface area (Å²) in [6, 6.07) is 6.68. The molecule has 1 aromatic heterocycles. The maximum absolute atomic E-state index is 15.8. The number of nitrogens with one attached hydrogen (secondary N) is 2. The highest BCUT2D eigenvalue weighted by molar-refractivity contribution is 6.31. The molecule has 1 aromatic carbocycles. The normalized spacial score (nSPS) is 23.5. The monoisotopic (exact) mass is 425 g/mol. The van der Waals surface area contributed by atoms with Gasteiger partial charge in [-0.25, -0.2) is 8.78 Å². The van der Waals surface area contributed by atoms with Crippen LogP contribution in [0.3, 0.4) is 0 Å². The van der Waals surface area contributed by atoms with Crippen LogP contribution in [0.1, 0.15) is 29.7 Å². The van der Waals surface area contributed by atoms with E-state index in [2.05, 4.69) is 15.6 Å². The third kappa shape index (κ3) is 4.40. The predicted octanol–water partition coefficient (Wildman–Crippen LogP) is 1.92. The number of aliphatic hydroxyl groups excluding tert-OH is 1. The Morgan fingerprint density at radius 1 is 1.31 bits per heavy atom. The summed E-state index contributed by atoms with van der Waals surface area (Å²) in [4.78, 5) is 16.9. The molecule has 0 saturated carbocycles. The van der Waals surface area contributed by atoms with Gasteiger partial charge in [-0.1, -0.05) is 23.7 Å². The molecule has 3 rings (SSSR count). The fourth-order valence-electron chi connectivity index (χ4n) is 3.49. The van der Waals surface area contributed by atoms with Crippen LogP contribution in [0.25, 0.3) is 0 Å². The number of carbonyl (C=O) groups excluding carboxylic acids is 1. The summed E-state index contributed by atoms with van der Waals surface area (Å²) >= 11 is 5.96. The molecule has 4 N–H and O–H groups in total. The lowest BCUT2D eigenvalue weighted by Crippen LogP contribution is -2.50. The summed E-state index contributed by atoms with van der Waals surface area (Å²) in [7, 11) is 0. The number of hydrogen-bond donors (Lipinski definition) is 4. The molecule has 29 heavy (non-hydrogen) atoms. The third-order valence-corrected chi connectivity index (χ3v) is 5.43. The van der Waals surface area contributed by atoms with Crippen molar-refractivity contribution in [2.75, 3.05) is 19.7 Å². The molecule has 0 spiro atoms. The van der Waals surface area contributed by atoms with Gasteiger partial charge >= 0.3 is 0 Å². The molecule has 156 valence electrons. The largest absolute Gasteiger partial charge is 0.395 e. The minimum Gasteiger partial charge on any atom is -0.395 e. The predicted molar refractivity (Wildman–Crippen MR) is 103 cm³/mol. The van der Waals surface area contributed by atoms with Crippen LogP contribution in [0.5, 0.6) is 0 Å². The zero-order chi connectivity index (χ0) is 21.1. The van der Waals surface area contributed by atoms with Crippen LogP contribution in [0.15, 0.2) is 36.5 Å². The van der Waals surface area contributed by atoms with Crippen molar-refractivity contribution in [3.8, 4) is 0 Å². The molecule has 0 aliphatic heterocycles. The first-order valence-corrected chi connectivity index (χ1v) is 9.59. The van der Waals surface area contributed by atoms with Gasteiger partial charge in [0, 0.05) is 36.4 Å². The fourth-order valence-corrected chi connectivity index (χ4v) is 3.72. The van der Waals surface area contributed by atoms with Gasteiger partial charge in [0.15, 0.2) is 0 Å². The van der Waals surface area contributed by atoms with Crippen molar-refractivity contribution >= 4 is 17.5 Å². The lowest BCUT2D eigenvalue weighted by Gasteiger charge is -2.39. The average molecular weight is 426 g/mol. The van der Waals surface area contributed by atoms with E-state index in [9.17, 15) is 14.3 Å². The molecule has 1 heterocycles. The van der Waals surface area contributed by atoms with E-state index < -0.39 is 23.0 Å². The van der Waals surface area contributed by atoms with E-state index in [4.69, 9.17) is 16.7 Å². The minimum atomic E-state index is -2.38. The van der Waals surface area contributed by atoms with Crippen molar-refractivity contribution in [1.29, 1.82) is 0 Å². The van der Waals surface area contributed by atoms with Crippen LogP contribution in [-0.4, -0.2) is 40.8 Å². The van der Waals surface area contributed by atoms with Crippen LogP contribution < -0.4 is 10.6 Å². The summed E-state index contributed by atoms with van der Waals surface area (Å²) < 4.78 is 29.0. The number of rotatable bonds is 7. The molecule has 1 amide bonds. The molecular formula is C20H22ClF2N3O3. The van der Waals surface area contributed by atoms with Crippen molar-refractivity contribution in [3.05, 3.63) is 64.2 Å². The van der Waals surface area contributed by atoms with E-state index >= 15 is 4.39 Å². The number of fused-ring (bicyclic) bond motifs is 1. The van der Waals surface area contributed by atoms with Crippen LogP contribution in [0.4, 0.5) is 8.78 Å². The summed E-state index contributed by atoms with van der Waals surface area (Å²) in [6.45, 7) is 0.165. The Bertz CT molecular complexity index is 901. The smallest absolute Gasteiger partial charge is 0.262 e. The Labute approximate surface area is 171 Å². The van der Waals surface area contributed by atoms with Gasteiger partial charge in [-0.15, -0.1) is 0 Å². The highest BCUT2D eigenvalue weighted by Gasteiger charge is 2.51. The van der Waals surface area contributed by atoms with Gasteiger partial charge in [0.2, 0.25) is 5.67 Å². The fraction of sp³-hybridized carbons (Fsp3) is 0.400. The van der Waals surface area contributed by atoms with Crippen molar-refractivity contribution in [3.63, 3.8) is 0 Å². The number of benzene rings is 1. The molecule has 1 aliphatic rings. The van der Waals surface area contributed by atoms with Crippen molar-refractivity contribution in [2.24, 2.45) is 0 Å². The molecule has 2 atom stereocenters. The highest BCUT2D eigenvalue weighted by atomic mass is 35.5. The number of halogens is 3. The summed E-state index contributed by atoms with van der Waals surface area (Å²) in [5, 5.41) is 25.4. The number of alkyl halides is 1. The average Bonchev–Trinajstić information content (AvgIpc) is 2.71. The Balaban J connectivity index is 1.81. The van der Waals surface area contributed by atoms with E-state index in [1.165, 1.54) is 30.5 Å². The minimum absolute atomic E-state index is 0.00208. The Morgan fingerprint density at radius 3 is 2.83 bits per heavy atom. The lowest BCUT2D eigenvalue weighted by molar-refractivity contribution is -0.137. The van der Waals surface area contributed by atoms with Gasteiger partial charge < -0.3 is 20.8 Å². The second kappa shape index (κ2) is 8.71. The van der Waals surface area contributed by atoms with E-state index in [1.807, 2.05) is 0 Å². The van der Waals surface area contributed by atoms with E-state index in [1.54, 1.807) is 0 Å². The van der Waals surface area contributed by atoms with Gasteiger partial charge in [0.05, 0.1) is 12.3 Å². The molecule has 6 nitrogen and oxygen atoms in total. The number of pyridine rings is 1. The van der Waals surface area contributed by atoms with E-state index in [0.717, 1.165) is 6.07 Å². The van der Waals surface area contributed by atoms with Crippen LogP contribution in [-0.2, 0) is 22.6 Å². The van der Waals surface area contributed by atoms with Gasteiger partial charge in [-0.2, -0.15) is 0 Å². The van der Waals surface area contributed by atoms with Crippen LogP contribution in [0, 0.1) is 5.82 Å². The van der Waals surface area contributed by atoms with Crippen LogP contribution in [0.2, 0.25) is 5.02 Å². The van der Waals surface area contributed by atoms with Crippen LogP contribution >= 0.6 is 11.6 Å². The van der Waals surface area contributed by atoms with Gasteiger partial charge in [0.1, 0.15) is 11.4 Å². The number of aromatic nitrogens is 1. The number of amides is 1. The zero-order valence-corrected chi connectivity index (χ0v) is 16.3. The zero-order valence-electron chi connectivity index (χ0n) is 15.6. The molecule has 0 radical (unpaired) electrons. The Kier molecular flexibility index (Phi) is 6.48. The SMILES string of the molecule is O=C(NCc1ccc(F)cc1Cl)[C@]1(F)CC[C@@](O)(CNCCO)c2ncccc21. The summed E-state index contributed by atoms with van der Waals surface area (Å²) in [5.74, 6) is -1.38. The highest BCUT2D eigenvalue weighted by Crippen LogP contribution is 2.45. The maximum Gasteiger partial charge on any atom is 0.262 e. The molecule has 1 aliphatic carbocycles. The summed E-state index contributed by atoms with van der Waals surface area (Å²) in [5.41, 5.74) is -3.28. The van der Waals surface area contributed by atoms with Gasteiger partial charge in [-0.05, 0) is 36.6 Å². The molecular weight excluding hydrogens is 404 g/mol. The lowest BCUT2D eigenvalue weighted by atomic mass is 9.74. The van der Waals surface area contributed by atoms with E-state index in [-0.39, 0.29) is 55.4 Å². The van der Waals surface area contributed by atoms with Crippen molar-refractivity contribution < 1.29 is 23.8 Å². The first kappa shape index (κ1) is 21.6. The molecule has 2 aromatic rings. The number of hydrogen-bond acceptors (Lipinski definition) is 5. The Morgan fingerprint density at radius 2 is 2.10 bits per heavy atom. The van der Waals surface area contributed by atoms with Crippen molar-refractivity contribution in [2.45, 2.75) is 30.7 Å². The molecule has 0 saturated heterocycles. The number of nitrogens with zero attached hydrogens (tertiary/aromatic N) is 1. The first-order chi connectivity index (χ1) is 13.8. The molecule has 0 bridgehead atoms. The third-order valence-electron chi connectivity index (χ3n) is 5.08. The van der Waals surface area contributed by atoms with Gasteiger partial charge in [0.25, 0.3) is 5.91 Å².